The van der Waals surface area contributed by atoms with E-state index in [4.69, 9.17) is 9.47 Å². The third-order valence-corrected chi connectivity index (χ3v) is 2.63. The highest BCUT2D eigenvalue weighted by Gasteiger charge is 2.05. The molecule has 0 unspecified atom stereocenters. The lowest BCUT2D eigenvalue weighted by Crippen LogP contribution is -2.16. The van der Waals surface area contributed by atoms with Crippen molar-refractivity contribution >= 4 is 0 Å². The van der Waals surface area contributed by atoms with Gasteiger partial charge in [-0.2, -0.15) is 0 Å². The van der Waals surface area contributed by atoms with E-state index in [0.29, 0.717) is 26.4 Å². The van der Waals surface area contributed by atoms with Crippen LogP contribution in [0.1, 0.15) is 24.0 Å². The van der Waals surface area contributed by atoms with Gasteiger partial charge in [0.05, 0.1) is 13.2 Å². The number of hydrogen-bond donors (Lipinski definition) is 1. The molecule has 0 aliphatic carbocycles. The summed E-state index contributed by atoms with van der Waals surface area (Å²) in [6.07, 6.45) is -1.48. The van der Waals surface area contributed by atoms with Crippen molar-refractivity contribution in [1.82, 2.24) is 5.32 Å². The van der Waals surface area contributed by atoms with Gasteiger partial charge in [0.2, 0.25) is 0 Å². The third kappa shape index (κ3) is 7.20. The zero-order valence-corrected chi connectivity index (χ0v) is 11.2. The molecule has 5 heteroatoms. The number of alkyl halides is 2. The lowest BCUT2D eigenvalue weighted by Gasteiger charge is -2.07. The van der Waals surface area contributed by atoms with E-state index in [0.717, 1.165) is 18.5 Å². The smallest absolute Gasteiger partial charge is 0.263 e. The number of nitrogens with one attached hydrogen (secondary N) is 1. The molecule has 0 heterocycles. The van der Waals surface area contributed by atoms with Gasteiger partial charge in [-0.1, -0.05) is 24.3 Å². The molecule has 1 aromatic carbocycles. The molecule has 1 rings (SSSR count). The van der Waals surface area contributed by atoms with E-state index in [2.05, 4.69) is 5.32 Å². The molecule has 0 radical (unpaired) electrons. The van der Waals surface area contributed by atoms with E-state index in [-0.39, 0.29) is 5.56 Å². The molecule has 0 saturated carbocycles. The summed E-state index contributed by atoms with van der Waals surface area (Å²) in [5.74, 6) is 0. The topological polar surface area (TPSA) is 30.5 Å². The second-order valence-corrected chi connectivity index (χ2v) is 4.18. The number of ether oxygens (including phenoxy) is 2. The summed E-state index contributed by atoms with van der Waals surface area (Å²) in [5.41, 5.74) is 1.07. The molecule has 1 N–H and O–H groups in total. The monoisotopic (exact) mass is 273 g/mol. The summed E-state index contributed by atoms with van der Waals surface area (Å²) in [6, 6.07) is 6.39. The van der Waals surface area contributed by atoms with Crippen molar-refractivity contribution in [1.29, 1.82) is 0 Å². The summed E-state index contributed by atoms with van der Waals surface area (Å²) in [6.45, 7) is 3.45. The van der Waals surface area contributed by atoms with Gasteiger partial charge >= 0.3 is 0 Å². The lowest BCUT2D eigenvalue weighted by molar-refractivity contribution is 0.0695. The molecule has 3 nitrogen and oxygen atoms in total. The predicted octanol–water partition coefficient (Wildman–Crippen LogP) is 2.77. The van der Waals surface area contributed by atoms with Crippen LogP contribution in [0.15, 0.2) is 24.3 Å². The molecule has 0 fully saturated rings. The Labute approximate surface area is 112 Å². The minimum atomic E-state index is -2.40. The number of methoxy groups -OCH3 is 1. The first-order valence-corrected chi connectivity index (χ1v) is 6.38. The van der Waals surface area contributed by atoms with Gasteiger partial charge in [-0.25, -0.2) is 8.78 Å². The Morgan fingerprint density at radius 3 is 2.47 bits per heavy atom. The zero-order valence-electron chi connectivity index (χ0n) is 11.2. The van der Waals surface area contributed by atoms with Gasteiger partial charge in [0.1, 0.15) is 0 Å². The van der Waals surface area contributed by atoms with Crippen LogP contribution in [0.5, 0.6) is 0 Å². The first kappa shape index (κ1) is 16.0. The van der Waals surface area contributed by atoms with Crippen molar-refractivity contribution in [3.8, 4) is 0 Å². The average molecular weight is 273 g/mol. The molecule has 108 valence electrons. The Balaban J connectivity index is 2.06. The summed E-state index contributed by atoms with van der Waals surface area (Å²) in [4.78, 5) is 0. The molecule has 19 heavy (non-hydrogen) atoms. The fourth-order valence-electron chi connectivity index (χ4n) is 1.56. The first-order valence-electron chi connectivity index (χ1n) is 6.38. The Bertz CT molecular complexity index is 331. The van der Waals surface area contributed by atoms with Crippen LogP contribution < -0.4 is 5.32 Å². The van der Waals surface area contributed by atoms with E-state index in [1.165, 1.54) is 12.1 Å². The largest absolute Gasteiger partial charge is 0.382 e. The molecule has 0 saturated heterocycles. The highest BCUT2D eigenvalue weighted by Crippen LogP contribution is 2.18. The van der Waals surface area contributed by atoms with Crippen molar-refractivity contribution in [2.75, 3.05) is 33.5 Å². The number of rotatable bonds is 10. The maximum atomic E-state index is 12.3. The number of benzene rings is 1. The van der Waals surface area contributed by atoms with Crippen LogP contribution >= 0.6 is 0 Å². The maximum absolute atomic E-state index is 12.3. The maximum Gasteiger partial charge on any atom is 0.263 e. The average Bonchev–Trinajstić information content (AvgIpc) is 2.42. The molecular weight excluding hydrogens is 252 g/mol. The molecule has 0 aliphatic rings. The number of halogens is 2. The zero-order chi connectivity index (χ0) is 13.9. The lowest BCUT2D eigenvalue weighted by atomic mass is 10.1. The van der Waals surface area contributed by atoms with Gasteiger partial charge < -0.3 is 14.8 Å². The second kappa shape index (κ2) is 9.83. The van der Waals surface area contributed by atoms with Crippen molar-refractivity contribution in [2.24, 2.45) is 0 Å². The highest BCUT2D eigenvalue weighted by atomic mass is 19.3. The second-order valence-electron chi connectivity index (χ2n) is 4.18. The Kier molecular flexibility index (Phi) is 8.29. The van der Waals surface area contributed by atoms with Crippen LogP contribution in [0, 0.1) is 0 Å². The molecule has 0 bridgehead atoms. The van der Waals surface area contributed by atoms with Gasteiger partial charge in [0.15, 0.2) is 0 Å². The normalized spacial score (nSPS) is 11.2. The van der Waals surface area contributed by atoms with Crippen molar-refractivity contribution in [2.45, 2.75) is 19.4 Å². The van der Waals surface area contributed by atoms with E-state index in [9.17, 15) is 8.78 Å². The van der Waals surface area contributed by atoms with E-state index < -0.39 is 6.43 Å². The molecule has 0 aliphatic heterocycles. The summed E-state index contributed by atoms with van der Waals surface area (Å²) in [7, 11) is 1.64. The fourth-order valence-corrected chi connectivity index (χ4v) is 1.56. The quantitative estimate of drug-likeness (QED) is 0.665. The van der Waals surface area contributed by atoms with Crippen molar-refractivity contribution in [3.63, 3.8) is 0 Å². The van der Waals surface area contributed by atoms with Gasteiger partial charge in [0.25, 0.3) is 6.43 Å². The van der Waals surface area contributed by atoms with E-state index >= 15 is 0 Å². The standard InChI is InChI=1S/C14H21F2NO2/c1-18-9-10-19-8-2-7-17-11-12-3-5-13(6-4-12)14(15)16/h3-6,14,17H,2,7-11H2,1H3. The Morgan fingerprint density at radius 2 is 1.84 bits per heavy atom. The molecule has 1 aromatic rings. The summed E-state index contributed by atoms with van der Waals surface area (Å²) >= 11 is 0. The Hall–Kier alpha value is -1.04. The van der Waals surface area contributed by atoms with Crippen LogP contribution in [-0.2, 0) is 16.0 Å². The molecular formula is C14H21F2NO2. The molecule has 0 aromatic heterocycles. The fraction of sp³-hybridized carbons (Fsp3) is 0.571. The van der Waals surface area contributed by atoms with Crippen LogP contribution in [-0.4, -0.2) is 33.5 Å². The van der Waals surface area contributed by atoms with Crippen LogP contribution in [0.4, 0.5) is 8.78 Å². The number of hydrogen-bond acceptors (Lipinski definition) is 3. The molecule has 0 atom stereocenters. The van der Waals surface area contributed by atoms with Crippen molar-refractivity contribution < 1.29 is 18.3 Å². The van der Waals surface area contributed by atoms with Crippen LogP contribution in [0.2, 0.25) is 0 Å². The summed E-state index contributed by atoms with van der Waals surface area (Å²) in [5, 5.41) is 3.24. The SMILES string of the molecule is COCCOCCCNCc1ccc(C(F)F)cc1. The van der Waals surface area contributed by atoms with Crippen LogP contribution in [0.3, 0.4) is 0 Å². The van der Waals surface area contributed by atoms with Gasteiger partial charge in [0, 0.05) is 25.8 Å². The molecule has 0 amide bonds. The van der Waals surface area contributed by atoms with E-state index in [1.54, 1.807) is 19.2 Å². The minimum absolute atomic E-state index is 0.0651. The summed E-state index contributed by atoms with van der Waals surface area (Å²) < 4.78 is 34.9. The van der Waals surface area contributed by atoms with Gasteiger partial charge in [-0.3, -0.25) is 0 Å². The van der Waals surface area contributed by atoms with Crippen LogP contribution in [0.25, 0.3) is 0 Å². The van der Waals surface area contributed by atoms with Crippen molar-refractivity contribution in [3.05, 3.63) is 35.4 Å². The predicted molar refractivity (Wildman–Crippen MR) is 70.4 cm³/mol. The Morgan fingerprint density at radius 1 is 1.11 bits per heavy atom. The van der Waals surface area contributed by atoms with E-state index in [1.807, 2.05) is 0 Å². The van der Waals surface area contributed by atoms with Gasteiger partial charge in [-0.15, -0.1) is 0 Å². The first-order chi connectivity index (χ1) is 9.24. The minimum Gasteiger partial charge on any atom is -0.382 e. The molecule has 0 spiro atoms. The van der Waals surface area contributed by atoms with Gasteiger partial charge in [-0.05, 0) is 18.5 Å². The highest BCUT2D eigenvalue weighted by molar-refractivity contribution is 5.23. The third-order valence-electron chi connectivity index (χ3n) is 2.63.